The maximum absolute atomic E-state index is 12.9. The minimum absolute atomic E-state index is 0.104. The Morgan fingerprint density at radius 2 is 1.63 bits per heavy atom. The number of hydrogen-bond donors (Lipinski definition) is 0. The Bertz CT molecular complexity index is 1040. The lowest BCUT2D eigenvalue weighted by atomic mass is 10.1. The van der Waals surface area contributed by atoms with Crippen molar-refractivity contribution in [2.24, 2.45) is 0 Å². The molecule has 0 unspecified atom stereocenters. The van der Waals surface area contributed by atoms with Gasteiger partial charge in [-0.25, -0.2) is 4.79 Å². The summed E-state index contributed by atoms with van der Waals surface area (Å²) >= 11 is 0. The molecule has 1 amide bonds. The zero-order valence-corrected chi connectivity index (χ0v) is 16.9. The predicted octanol–water partition coefficient (Wildman–Crippen LogP) is 2.66. The van der Waals surface area contributed by atoms with E-state index in [-0.39, 0.29) is 11.8 Å². The first-order valence-corrected chi connectivity index (χ1v) is 9.70. The second kappa shape index (κ2) is 9.69. The number of ether oxygens (including phenoxy) is 1. The molecule has 0 saturated heterocycles. The SMILES string of the molecule is CCN(CC)C(=O)[C@@H](OC(=O)Cn1nc(-c2ccccc2)oc1=O)c1ccccc1. The van der Waals surface area contributed by atoms with Gasteiger partial charge in [-0.2, -0.15) is 4.68 Å². The Kier molecular flexibility index (Phi) is 6.79. The zero-order chi connectivity index (χ0) is 21.5. The zero-order valence-electron chi connectivity index (χ0n) is 16.9. The van der Waals surface area contributed by atoms with Crippen LogP contribution in [0.2, 0.25) is 0 Å². The molecule has 0 aliphatic rings. The van der Waals surface area contributed by atoms with Crippen LogP contribution in [0.4, 0.5) is 0 Å². The topological polar surface area (TPSA) is 94.6 Å². The first-order valence-electron chi connectivity index (χ1n) is 9.70. The van der Waals surface area contributed by atoms with Crippen molar-refractivity contribution in [2.75, 3.05) is 13.1 Å². The van der Waals surface area contributed by atoms with Crippen molar-refractivity contribution in [3.05, 3.63) is 76.8 Å². The first kappa shape index (κ1) is 21.0. The molecule has 1 heterocycles. The molecule has 1 atom stereocenters. The summed E-state index contributed by atoms with van der Waals surface area (Å²) in [7, 11) is 0. The Morgan fingerprint density at radius 3 is 2.23 bits per heavy atom. The van der Waals surface area contributed by atoms with E-state index < -0.39 is 24.4 Å². The minimum atomic E-state index is -1.10. The first-order chi connectivity index (χ1) is 14.5. The van der Waals surface area contributed by atoms with Crippen LogP contribution >= 0.6 is 0 Å². The van der Waals surface area contributed by atoms with Gasteiger partial charge in [-0.3, -0.25) is 9.59 Å². The van der Waals surface area contributed by atoms with Crippen LogP contribution in [0.15, 0.2) is 69.9 Å². The largest absolute Gasteiger partial charge is 0.446 e. The molecule has 0 fully saturated rings. The maximum Gasteiger partial charge on any atom is 0.437 e. The highest BCUT2D eigenvalue weighted by molar-refractivity contribution is 5.85. The number of nitrogens with zero attached hydrogens (tertiary/aromatic N) is 3. The highest BCUT2D eigenvalue weighted by Crippen LogP contribution is 2.21. The maximum atomic E-state index is 12.9. The van der Waals surface area contributed by atoms with Crippen LogP contribution in [-0.4, -0.2) is 39.6 Å². The summed E-state index contributed by atoms with van der Waals surface area (Å²) < 4.78 is 11.5. The lowest BCUT2D eigenvalue weighted by Gasteiger charge is -2.25. The number of aromatic nitrogens is 2. The number of carbonyl (C=O) groups is 2. The van der Waals surface area contributed by atoms with Gasteiger partial charge in [0.2, 0.25) is 12.0 Å². The second-order valence-electron chi connectivity index (χ2n) is 6.49. The van der Waals surface area contributed by atoms with Crippen molar-refractivity contribution in [3.8, 4) is 11.5 Å². The van der Waals surface area contributed by atoms with E-state index in [1.54, 1.807) is 53.4 Å². The molecule has 8 nitrogen and oxygen atoms in total. The molecular weight excluding hydrogens is 386 g/mol. The molecule has 2 aromatic carbocycles. The van der Waals surface area contributed by atoms with E-state index in [4.69, 9.17) is 9.15 Å². The number of carbonyl (C=O) groups excluding carboxylic acids is 2. The van der Waals surface area contributed by atoms with Crippen molar-refractivity contribution >= 4 is 11.9 Å². The molecule has 0 saturated carbocycles. The van der Waals surface area contributed by atoms with Crippen molar-refractivity contribution in [1.82, 2.24) is 14.7 Å². The smallest absolute Gasteiger partial charge is 0.437 e. The summed E-state index contributed by atoms with van der Waals surface area (Å²) in [6.07, 6.45) is -1.10. The summed E-state index contributed by atoms with van der Waals surface area (Å²) in [5.74, 6) is -1.76. The summed E-state index contributed by atoms with van der Waals surface area (Å²) in [4.78, 5) is 39.1. The van der Waals surface area contributed by atoms with Crippen LogP contribution in [0.25, 0.3) is 11.5 Å². The van der Waals surface area contributed by atoms with E-state index in [0.717, 1.165) is 4.68 Å². The van der Waals surface area contributed by atoms with E-state index in [1.165, 1.54) is 0 Å². The van der Waals surface area contributed by atoms with Gasteiger partial charge in [-0.05, 0) is 26.0 Å². The average molecular weight is 409 g/mol. The number of likely N-dealkylation sites (N-methyl/N-ethyl adjacent to an activating group) is 1. The van der Waals surface area contributed by atoms with Crippen LogP contribution in [0.1, 0.15) is 25.5 Å². The van der Waals surface area contributed by atoms with E-state index in [2.05, 4.69) is 5.10 Å². The highest BCUT2D eigenvalue weighted by atomic mass is 16.5. The monoisotopic (exact) mass is 409 g/mol. The molecule has 0 radical (unpaired) electrons. The van der Waals surface area contributed by atoms with E-state index in [1.807, 2.05) is 26.0 Å². The van der Waals surface area contributed by atoms with Gasteiger partial charge >= 0.3 is 11.7 Å². The molecule has 0 aliphatic carbocycles. The molecule has 0 bridgehead atoms. The van der Waals surface area contributed by atoms with Gasteiger partial charge < -0.3 is 14.1 Å². The van der Waals surface area contributed by atoms with Crippen LogP contribution < -0.4 is 5.76 Å². The quantitative estimate of drug-likeness (QED) is 0.531. The second-order valence-corrected chi connectivity index (χ2v) is 6.49. The third kappa shape index (κ3) is 4.83. The number of hydrogen-bond acceptors (Lipinski definition) is 6. The predicted molar refractivity (Wildman–Crippen MR) is 109 cm³/mol. The fourth-order valence-electron chi connectivity index (χ4n) is 2.98. The molecule has 0 N–H and O–H groups in total. The molecule has 0 aliphatic heterocycles. The van der Waals surface area contributed by atoms with Crippen LogP contribution in [-0.2, 0) is 20.9 Å². The number of amides is 1. The third-order valence-corrected chi connectivity index (χ3v) is 4.56. The Hall–Kier alpha value is -3.68. The average Bonchev–Trinajstić information content (AvgIpc) is 3.14. The van der Waals surface area contributed by atoms with E-state index in [9.17, 15) is 14.4 Å². The molecule has 3 aromatic rings. The third-order valence-electron chi connectivity index (χ3n) is 4.56. The molecule has 30 heavy (non-hydrogen) atoms. The lowest BCUT2D eigenvalue weighted by Crippen LogP contribution is -2.37. The Morgan fingerprint density at radius 1 is 1.03 bits per heavy atom. The molecular formula is C22H23N3O5. The summed E-state index contributed by atoms with van der Waals surface area (Å²) in [5, 5.41) is 4.05. The molecule has 1 aromatic heterocycles. The van der Waals surface area contributed by atoms with Gasteiger partial charge in [-0.1, -0.05) is 48.5 Å². The standard InChI is InChI=1S/C22H23N3O5/c1-3-24(4-2)21(27)19(16-11-7-5-8-12-16)29-18(26)15-25-22(28)30-20(23-25)17-13-9-6-10-14-17/h5-14,19H,3-4,15H2,1-2H3/t19-/m0/s1. The van der Waals surface area contributed by atoms with Crippen molar-refractivity contribution in [1.29, 1.82) is 0 Å². The number of benzene rings is 2. The summed E-state index contributed by atoms with van der Waals surface area (Å²) in [6.45, 7) is 4.21. The van der Waals surface area contributed by atoms with Crippen LogP contribution in [0.3, 0.4) is 0 Å². The molecule has 156 valence electrons. The summed E-state index contributed by atoms with van der Waals surface area (Å²) in [6, 6.07) is 17.6. The van der Waals surface area contributed by atoms with Gasteiger partial charge in [0.05, 0.1) is 0 Å². The van der Waals surface area contributed by atoms with Crippen LogP contribution in [0, 0.1) is 0 Å². The van der Waals surface area contributed by atoms with Crippen molar-refractivity contribution < 1.29 is 18.7 Å². The molecule has 0 spiro atoms. The van der Waals surface area contributed by atoms with Crippen molar-refractivity contribution in [3.63, 3.8) is 0 Å². The van der Waals surface area contributed by atoms with Crippen molar-refractivity contribution in [2.45, 2.75) is 26.5 Å². The van der Waals surface area contributed by atoms with E-state index in [0.29, 0.717) is 24.2 Å². The highest BCUT2D eigenvalue weighted by Gasteiger charge is 2.28. The number of rotatable bonds is 8. The minimum Gasteiger partial charge on any atom is -0.446 e. The Balaban J connectivity index is 1.79. The van der Waals surface area contributed by atoms with Gasteiger partial charge in [-0.15, -0.1) is 5.10 Å². The number of esters is 1. The normalized spacial score (nSPS) is 11.7. The van der Waals surface area contributed by atoms with Gasteiger partial charge in [0.25, 0.3) is 5.91 Å². The Labute approximate surface area is 173 Å². The van der Waals surface area contributed by atoms with Gasteiger partial charge in [0, 0.05) is 24.2 Å². The van der Waals surface area contributed by atoms with Gasteiger partial charge in [0.15, 0.2) is 0 Å². The summed E-state index contributed by atoms with van der Waals surface area (Å²) in [5.41, 5.74) is 1.17. The fourth-order valence-corrected chi connectivity index (χ4v) is 2.98. The molecule has 8 heteroatoms. The van der Waals surface area contributed by atoms with Crippen LogP contribution in [0.5, 0.6) is 0 Å². The lowest BCUT2D eigenvalue weighted by molar-refractivity contribution is -0.161. The van der Waals surface area contributed by atoms with Gasteiger partial charge in [0.1, 0.15) is 6.54 Å². The fraction of sp³-hybridized carbons (Fsp3) is 0.273. The van der Waals surface area contributed by atoms with E-state index >= 15 is 0 Å². The molecule has 3 rings (SSSR count).